The zero-order valence-electron chi connectivity index (χ0n) is 6.12. The number of hydrogen-bond donors (Lipinski definition) is 1. The van der Waals surface area contributed by atoms with Crippen LogP contribution in [-0.4, -0.2) is 25.0 Å². The molecule has 0 fully saturated rings. The van der Waals surface area contributed by atoms with Gasteiger partial charge in [0.05, 0.1) is 18.6 Å². The van der Waals surface area contributed by atoms with Crippen molar-refractivity contribution in [2.75, 3.05) is 5.73 Å². The highest BCUT2D eigenvalue weighted by Crippen LogP contribution is 2.00. The minimum Gasteiger partial charge on any atom is -0.381 e. The summed E-state index contributed by atoms with van der Waals surface area (Å²) in [7, 11) is 0. The number of rotatable bonds is 1. The monoisotopic (exact) mass is 162 g/mol. The zero-order valence-corrected chi connectivity index (χ0v) is 6.12. The number of nitrogens with two attached hydrogens (primary N) is 1. The Hall–Kier alpha value is -1.98. The van der Waals surface area contributed by atoms with Gasteiger partial charge in [0.2, 0.25) is 0 Å². The van der Waals surface area contributed by atoms with Crippen molar-refractivity contribution in [3.05, 3.63) is 24.9 Å². The van der Waals surface area contributed by atoms with Crippen LogP contribution in [0.15, 0.2) is 24.9 Å². The molecule has 2 aromatic heterocycles. The van der Waals surface area contributed by atoms with Gasteiger partial charge in [-0.1, -0.05) is 0 Å². The lowest BCUT2D eigenvalue weighted by Crippen LogP contribution is -2.00. The third-order valence-corrected chi connectivity index (χ3v) is 1.29. The average molecular weight is 162 g/mol. The van der Waals surface area contributed by atoms with Crippen molar-refractivity contribution in [1.29, 1.82) is 0 Å². The molecule has 2 rings (SSSR count). The molecule has 0 saturated carbocycles. The van der Waals surface area contributed by atoms with E-state index in [1.165, 1.54) is 17.3 Å². The smallest absolute Gasteiger partial charge is 0.166 e. The fraction of sp³-hybridized carbons (Fsp3) is 0. The summed E-state index contributed by atoms with van der Waals surface area (Å²) in [6, 6.07) is 0. The minimum absolute atomic E-state index is 0.374. The Morgan fingerprint density at radius 3 is 2.50 bits per heavy atom. The van der Waals surface area contributed by atoms with Gasteiger partial charge >= 0.3 is 0 Å². The maximum Gasteiger partial charge on any atom is 0.166 e. The summed E-state index contributed by atoms with van der Waals surface area (Å²) >= 11 is 0. The quantitative estimate of drug-likeness (QED) is 0.619. The van der Waals surface area contributed by atoms with E-state index in [1.54, 1.807) is 12.4 Å². The van der Waals surface area contributed by atoms with E-state index in [0.29, 0.717) is 11.5 Å². The Morgan fingerprint density at radius 1 is 1.17 bits per heavy atom. The van der Waals surface area contributed by atoms with Crippen molar-refractivity contribution in [3.63, 3.8) is 0 Å². The van der Waals surface area contributed by atoms with Gasteiger partial charge in [0, 0.05) is 0 Å². The van der Waals surface area contributed by atoms with Crippen molar-refractivity contribution in [2.45, 2.75) is 0 Å². The van der Waals surface area contributed by atoms with E-state index in [2.05, 4.69) is 20.2 Å². The van der Waals surface area contributed by atoms with E-state index in [-0.39, 0.29) is 0 Å². The fourth-order valence-corrected chi connectivity index (χ4v) is 0.794. The van der Waals surface area contributed by atoms with Gasteiger partial charge in [-0.25, -0.2) is 9.97 Å². The van der Waals surface area contributed by atoms with Crippen LogP contribution in [0.5, 0.6) is 0 Å². The lowest BCUT2D eigenvalue weighted by Gasteiger charge is -1.94. The van der Waals surface area contributed by atoms with Gasteiger partial charge in [0.25, 0.3) is 0 Å². The van der Waals surface area contributed by atoms with Gasteiger partial charge < -0.3 is 5.73 Å². The van der Waals surface area contributed by atoms with E-state index in [0.717, 1.165) is 0 Å². The van der Waals surface area contributed by atoms with Crippen LogP contribution in [0.4, 0.5) is 5.82 Å². The predicted octanol–water partition coefficient (Wildman–Crippen LogP) is -0.361. The van der Waals surface area contributed by atoms with E-state index in [1.807, 2.05) is 0 Å². The normalized spacial score (nSPS) is 10.0. The molecule has 6 heteroatoms. The fourth-order valence-electron chi connectivity index (χ4n) is 0.794. The molecule has 12 heavy (non-hydrogen) atoms. The molecule has 2 heterocycles. The van der Waals surface area contributed by atoms with Crippen molar-refractivity contribution in [3.8, 4) is 5.69 Å². The first-order chi connectivity index (χ1) is 5.86. The summed E-state index contributed by atoms with van der Waals surface area (Å²) in [6.45, 7) is 0. The first-order valence-electron chi connectivity index (χ1n) is 3.29. The van der Waals surface area contributed by atoms with Crippen LogP contribution < -0.4 is 5.73 Å². The maximum absolute atomic E-state index is 5.38. The van der Waals surface area contributed by atoms with Crippen molar-refractivity contribution in [1.82, 2.24) is 25.0 Å². The molecule has 2 N–H and O–H groups in total. The molecular formula is C6H6N6. The molecule has 0 spiro atoms. The second kappa shape index (κ2) is 2.57. The van der Waals surface area contributed by atoms with Gasteiger partial charge in [0.1, 0.15) is 12.0 Å². The van der Waals surface area contributed by atoms with E-state index in [4.69, 9.17) is 5.73 Å². The highest BCUT2D eigenvalue weighted by molar-refractivity contribution is 5.26. The van der Waals surface area contributed by atoms with Crippen molar-refractivity contribution >= 4 is 5.82 Å². The van der Waals surface area contributed by atoms with Gasteiger partial charge in [-0.05, 0) is 0 Å². The molecule has 2 aromatic rings. The summed E-state index contributed by atoms with van der Waals surface area (Å²) in [4.78, 5) is 9.01. The topological polar surface area (TPSA) is 82.5 Å². The molecule has 0 aliphatic heterocycles. The van der Waals surface area contributed by atoms with Crippen LogP contribution in [0.3, 0.4) is 0 Å². The van der Waals surface area contributed by atoms with Crippen LogP contribution in [-0.2, 0) is 0 Å². The van der Waals surface area contributed by atoms with Gasteiger partial charge in [-0.15, -0.1) is 9.90 Å². The molecule has 0 unspecified atom stereocenters. The Morgan fingerprint density at radius 2 is 1.92 bits per heavy atom. The molecule has 0 aliphatic rings. The highest BCUT2D eigenvalue weighted by Gasteiger charge is 1.98. The molecule has 6 nitrogen and oxygen atoms in total. The van der Waals surface area contributed by atoms with Gasteiger partial charge in [-0.3, -0.25) is 0 Å². The molecule has 0 aliphatic carbocycles. The Bertz CT molecular complexity index is 367. The molecule has 0 atom stereocenters. The molecule has 0 saturated heterocycles. The Kier molecular flexibility index (Phi) is 1.44. The first kappa shape index (κ1) is 6.71. The summed E-state index contributed by atoms with van der Waals surface area (Å²) < 4.78 is 0. The number of anilines is 1. The van der Waals surface area contributed by atoms with Crippen molar-refractivity contribution in [2.24, 2.45) is 0 Å². The maximum atomic E-state index is 5.38. The number of aromatic nitrogens is 5. The third kappa shape index (κ3) is 1.09. The standard InChI is InChI=1S/C6H6N6/c7-6-3-10-12(11-6)5-1-8-4-9-2-5/h1-4H,(H2,7,11). The lowest BCUT2D eigenvalue weighted by molar-refractivity contribution is 0.745. The molecule has 0 bridgehead atoms. The first-order valence-corrected chi connectivity index (χ1v) is 3.29. The van der Waals surface area contributed by atoms with Crippen LogP contribution in [0.1, 0.15) is 0 Å². The van der Waals surface area contributed by atoms with Crippen LogP contribution in [0, 0.1) is 0 Å². The largest absolute Gasteiger partial charge is 0.381 e. The molecule has 0 aromatic carbocycles. The zero-order chi connectivity index (χ0) is 8.39. The number of nitrogen functional groups attached to an aromatic ring is 1. The van der Waals surface area contributed by atoms with E-state index in [9.17, 15) is 0 Å². The highest BCUT2D eigenvalue weighted by atomic mass is 15.5. The van der Waals surface area contributed by atoms with Crippen LogP contribution >= 0.6 is 0 Å². The predicted molar refractivity (Wildman–Crippen MR) is 41.4 cm³/mol. The third-order valence-electron chi connectivity index (χ3n) is 1.29. The number of hydrogen-bond acceptors (Lipinski definition) is 5. The molecule has 60 valence electrons. The molecular weight excluding hydrogens is 156 g/mol. The number of nitrogens with zero attached hydrogens (tertiary/aromatic N) is 5. The summed E-state index contributed by atoms with van der Waals surface area (Å²) in [5, 5.41) is 7.77. The average Bonchev–Trinajstić information content (AvgIpc) is 2.54. The molecule has 0 radical (unpaired) electrons. The van der Waals surface area contributed by atoms with Crippen LogP contribution in [0.25, 0.3) is 5.69 Å². The van der Waals surface area contributed by atoms with E-state index >= 15 is 0 Å². The molecule has 0 amide bonds. The SMILES string of the molecule is Nc1cnn(-c2cncnc2)n1. The Balaban J connectivity index is 2.45. The van der Waals surface area contributed by atoms with Crippen LogP contribution in [0.2, 0.25) is 0 Å². The summed E-state index contributed by atoms with van der Waals surface area (Å²) in [5.74, 6) is 0.374. The lowest BCUT2D eigenvalue weighted by atomic mass is 10.6. The van der Waals surface area contributed by atoms with Gasteiger partial charge in [0.15, 0.2) is 5.82 Å². The minimum atomic E-state index is 0.374. The van der Waals surface area contributed by atoms with Gasteiger partial charge in [-0.2, -0.15) is 5.10 Å². The second-order valence-electron chi connectivity index (χ2n) is 2.16. The second-order valence-corrected chi connectivity index (χ2v) is 2.16. The summed E-state index contributed by atoms with van der Waals surface area (Å²) in [5.41, 5.74) is 6.07. The Labute approximate surface area is 68.1 Å². The summed E-state index contributed by atoms with van der Waals surface area (Å²) in [6.07, 6.45) is 6.11. The van der Waals surface area contributed by atoms with E-state index < -0.39 is 0 Å². The van der Waals surface area contributed by atoms with Crippen molar-refractivity contribution < 1.29 is 0 Å².